The minimum Gasteiger partial charge on any atom is -0.494 e. The molecule has 1 amide bonds. The van der Waals surface area contributed by atoms with E-state index >= 15 is 0 Å². The fourth-order valence-electron chi connectivity index (χ4n) is 1.56. The van der Waals surface area contributed by atoms with Gasteiger partial charge < -0.3 is 14.8 Å². The third-order valence-corrected chi connectivity index (χ3v) is 2.62. The number of hydrogen-bond acceptors (Lipinski definition) is 4. The highest BCUT2D eigenvalue weighted by molar-refractivity contribution is 6.01. The third kappa shape index (κ3) is 6.11. The average molecular weight is 288 g/mol. The fraction of sp³-hybridized carbons (Fsp3) is 0.375. The van der Waals surface area contributed by atoms with E-state index in [4.69, 9.17) is 14.7 Å². The van der Waals surface area contributed by atoms with Crippen molar-refractivity contribution in [3.63, 3.8) is 0 Å². The van der Waals surface area contributed by atoms with Gasteiger partial charge in [0.2, 0.25) is 0 Å². The van der Waals surface area contributed by atoms with E-state index in [1.165, 1.54) is 0 Å². The van der Waals surface area contributed by atoms with E-state index in [0.29, 0.717) is 19.8 Å². The van der Waals surface area contributed by atoms with Gasteiger partial charge in [-0.15, -0.1) is 0 Å². The molecule has 1 N–H and O–H groups in total. The molecule has 1 rings (SSSR count). The summed E-state index contributed by atoms with van der Waals surface area (Å²) in [5.74, 6) is 0.373. The molecule has 0 unspecified atom stereocenters. The maximum absolute atomic E-state index is 11.8. The first-order chi connectivity index (χ1) is 10.2. The molecule has 0 atom stereocenters. The summed E-state index contributed by atoms with van der Waals surface area (Å²) < 4.78 is 10.3. The molecule has 0 radical (unpaired) electrons. The largest absolute Gasteiger partial charge is 0.494 e. The first-order valence-electron chi connectivity index (χ1n) is 6.83. The number of carbonyl (C=O) groups excluding carboxylic acids is 1. The smallest absolute Gasteiger partial charge is 0.262 e. The molecule has 1 aromatic rings. The molecule has 5 nitrogen and oxygen atoms in total. The molecule has 0 bridgehead atoms. The van der Waals surface area contributed by atoms with Gasteiger partial charge in [0.05, 0.1) is 13.2 Å². The Morgan fingerprint density at radius 3 is 2.62 bits per heavy atom. The summed E-state index contributed by atoms with van der Waals surface area (Å²) in [5.41, 5.74) is 0.839. The predicted octanol–water partition coefficient (Wildman–Crippen LogP) is 2.14. The van der Waals surface area contributed by atoms with Crippen molar-refractivity contribution < 1.29 is 14.3 Å². The van der Waals surface area contributed by atoms with Crippen LogP contribution in [0.2, 0.25) is 0 Å². The number of nitriles is 1. The number of ether oxygens (including phenoxy) is 2. The zero-order valence-electron chi connectivity index (χ0n) is 12.4. The van der Waals surface area contributed by atoms with Gasteiger partial charge >= 0.3 is 0 Å². The van der Waals surface area contributed by atoms with E-state index in [9.17, 15) is 4.79 Å². The Hall–Kier alpha value is -2.32. The molecule has 112 valence electrons. The summed E-state index contributed by atoms with van der Waals surface area (Å²) in [6, 6.07) is 9.16. The summed E-state index contributed by atoms with van der Waals surface area (Å²) in [6.45, 7) is 3.49. The van der Waals surface area contributed by atoms with Crippen LogP contribution in [-0.2, 0) is 9.53 Å². The number of rotatable bonds is 8. The van der Waals surface area contributed by atoms with Gasteiger partial charge in [0.15, 0.2) is 0 Å². The Morgan fingerprint density at radius 1 is 1.33 bits per heavy atom. The van der Waals surface area contributed by atoms with Crippen LogP contribution in [0, 0.1) is 11.3 Å². The summed E-state index contributed by atoms with van der Waals surface area (Å²) in [7, 11) is 1.55. The second-order valence-corrected chi connectivity index (χ2v) is 4.34. The van der Waals surface area contributed by atoms with Crippen LogP contribution in [0.4, 0.5) is 0 Å². The van der Waals surface area contributed by atoms with Crippen molar-refractivity contribution in [3.8, 4) is 11.8 Å². The lowest BCUT2D eigenvalue weighted by Crippen LogP contribution is -2.27. The molecule has 0 saturated heterocycles. The van der Waals surface area contributed by atoms with Crippen LogP contribution in [0.15, 0.2) is 29.8 Å². The molecule has 0 fully saturated rings. The van der Waals surface area contributed by atoms with Crippen LogP contribution in [0.3, 0.4) is 0 Å². The Morgan fingerprint density at radius 2 is 2.05 bits per heavy atom. The van der Waals surface area contributed by atoms with E-state index in [0.717, 1.165) is 17.7 Å². The van der Waals surface area contributed by atoms with Crippen molar-refractivity contribution in [3.05, 3.63) is 35.4 Å². The summed E-state index contributed by atoms with van der Waals surface area (Å²) in [4.78, 5) is 11.8. The summed E-state index contributed by atoms with van der Waals surface area (Å²) >= 11 is 0. The van der Waals surface area contributed by atoms with Crippen LogP contribution in [-0.4, -0.2) is 32.8 Å². The monoisotopic (exact) mass is 288 g/mol. The Balaban J connectivity index is 2.69. The van der Waals surface area contributed by atoms with E-state index in [-0.39, 0.29) is 5.57 Å². The van der Waals surface area contributed by atoms with Crippen molar-refractivity contribution >= 4 is 12.0 Å². The molecule has 0 aromatic heterocycles. The van der Waals surface area contributed by atoms with E-state index in [1.54, 1.807) is 13.2 Å². The molecule has 0 saturated carbocycles. The van der Waals surface area contributed by atoms with Gasteiger partial charge in [0.1, 0.15) is 17.4 Å². The minimum absolute atomic E-state index is 0.0633. The zero-order chi connectivity index (χ0) is 15.5. The molecule has 0 aliphatic rings. The molecule has 21 heavy (non-hydrogen) atoms. The Kier molecular flexibility index (Phi) is 7.62. The molecule has 5 heteroatoms. The van der Waals surface area contributed by atoms with Gasteiger partial charge in [-0.25, -0.2) is 0 Å². The minimum atomic E-state index is -0.402. The summed E-state index contributed by atoms with van der Waals surface area (Å²) in [6.07, 6.45) is 2.49. The highest BCUT2D eigenvalue weighted by Crippen LogP contribution is 2.14. The molecular formula is C16H20N2O3. The van der Waals surface area contributed by atoms with Gasteiger partial charge in [0.25, 0.3) is 5.91 Å². The SMILES string of the molecule is CCCOc1ccc(/C=C(\C#N)C(=O)NCCOC)cc1. The second-order valence-electron chi connectivity index (χ2n) is 4.34. The standard InChI is InChI=1S/C16H20N2O3/c1-3-9-21-15-6-4-13(5-7-15)11-14(12-17)16(19)18-8-10-20-2/h4-7,11H,3,8-10H2,1-2H3,(H,18,19)/b14-11+. The lowest BCUT2D eigenvalue weighted by molar-refractivity contribution is -0.117. The summed E-state index contributed by atoms with van der Waals surface area (Å²) in [5, 5.41) is 11.7. The third-order valence-electron chi connectivity index (χ3n) is 2.62. The number of methoxy groups -OCH3 is 1. The molecule has 0 heterocycles. The van der Waals surface area contributed by atoms with Gasteiger partial charge in [-0.3, -0.25) is 4.79 Å². The molecule has 0 aliphatic heterocycles. The second kappa shape index (κ2) is 9.56. The number of hydrogen-bond donors (Lipinski definition) is 1. The van der Waals surface area contributed by atoms with E-state index in [1.807, 2.05) is 37.3 Å². The number of nitrogens with one attached hydrogen (secondary N) is 1. The maximum atomic E-state index is 11.8. The molecular weight excluding hydrogens is 268 g/mol. The lowest BCUT2D eigenvalue weighted by Gasteiger charge is -2.05. The topological polar surface area (TPSA) is 71.3 Å². The Bertz CT molecular complexity index is 515. The number of carbonyl (C=O) groups is 1. The highest BCUT2D eigenvalue weighted by Gasteiger charge is 2.08. The van der Waals surface area contributed by atoms with Crippen LogP contribution in [0.25, 0.3) is 6.08 Å². The molecule has 0 aliphatic carbocycles. The lowest BCUT2D eigenvalue weighted by atomic mass is 10.1. The van der Waals surface area contributed by atoms with Crippen LogP contribution in [0.1, 0.15) is 18.9 Å². The van der Waals surface area contributed by atoms with Gasteiger partial charge in [-0.05, 0) is 30.2 Å². The van der Waals surface area contributed by atoms with Gasteiger partial charge in [-0.1, -0.05) is 19.1 Å². The average Bonchev–Trinajstić information content (AvgIpc) is 2.51. The van der Waals surface area contributed by atoms with Crippen molar-refractivity contribution in [2.75, 3.05) is 26.9 Å². The predicted molar refractivity (Wildman–Crippen MR) is 80.7 cm³/mol. The van der Waals surface area contributed by atoms with Crippen molar-refractivity contribution in [2.45, 2.75) is 13.3 Å². The van der Waals surface area contributed by atoms with Crippen LogP contribution in [0.5, 0.6) is 5.75 Å². The van der Waals surface area contributed by atoms with Gasteiger partial charge in [-0.2, -0.15) is 5.26 Å². The first kappa shape index (κ1) is 16.7. The van der Waals surface area contributed by atoms with E-state index < -0.39 is 5.91 Å². The van der Waals surface area contributed by atoms with E-state index in [2.05, 4.69) is 5.32 Å². The quantitative estimate of drug-likeness (QED) is 0.452. The molecule has 1 aromatic carbocycles. The fourth-order valence-corrected chi connectivity index (χ4v) is 1.56. The number of benzene rings is 1. The van der Waals surface area contributed by atoms with Crippen LogP contribution < -0.4 is 10.1 Å². The number of nitrogens with zero attached hydrogens (tertiary/aromatic N) is 1. The Labute approximate surface area is 125 Å². The zero-order valence-corrected chi connectivity index (χ0v) is 12.4. The highest BCUT2D eigenvalue weighted by atomic mass is 16.5. The first-order valence-corrected chi connectivity index (χ1v) is 6.83. The van der Waals surface area contributed by atoms with Crippen molar-refractivity contribution in [2.24, 2.45) is 0 Å². The molecule has 0 spiro atoms. The van der Waals surface area contributed by atoms with Crippen molar-refractivity contribution in [1.29, 1.82) is 5.26 Å². The van der Waals surface area contributed by atoms with Gasteiger partial charge in [0, 0.05) is 13.7 Å². The normalized spacial score (nSPS) is 10.8. The number of amides is 1. The van der Waals surface area contributed by atoms with Crippen LogP contribution >= 0.6 is 0 Å². The van der Waals surface area contributed by atoms with Crippen molar-refractivity contribution in [1.82, 2.24) is 5.32 Å². The maximum Gasteiger partial charge on any atom is 0.262 e.